The predicted octanol–water partition coefficient (Wildman–Crippen LogP) is 1.32. The van der Waals surface area contributed by atoms with E-state index < -0.39 is 0 Å². The van der Waals surface area contributed by atoms with E-state index in [0.29, 0.717) is 32.3 Å². The second-order valence-electron chi connectivity index (χ2n) is 6.26. The normalized spacial score (nSPS) is 27.1. The van der Waals surface area contributed by atoms with Crippen molar-refractivity contribution in [3.63, 3.8) is 0 Å². The summed E-state index contributed by atoms with van der Waals surface area (Å²) in [4.78, 5) is 14.2. The number of amides is 1. The lowest BCUT2D eigenvalue weighted by Gasteiger charge is -2.25. The molecular weight excluding hydrogens is 282 g/mol. The average Bonchev–Trinajstić information content (AvgIpc) is 3.05. The number of hydrogen-bond donors (Lipinski definition) is 0. The fraction of sp³-hybridized carbons (Fsp3) is 0.588. The first kappa shape index (κ1) is 15.5. The van der Waals surface area contributed by atoms with Gasteiger partial charge in [0.15, 0.2) is 0 Å². The van der Waals surface area contributed by atoms with Crippen molar-refractivity contribution in [3.8, 4) is 0 Å². The largest absolute Gasteiger partial charge is 0.384 e. The third kappa shape index (κ3) is 3.16. The Labute approximate surface area is 131 Å². The van der Waals surface area contributed by atoms with Gasteiger partial charge in [0.1, 0.15) is 6.61 Å². The summed E-state index contributed by atoms with van der Waals surface area (Å²) in [6.45, 7) is 4.10. The molecule has 5 nitrogen and oxygen atoms in total. The summed E-state index contributed by atoms with van der Waals surface area (Å²) in [7, 11) is 1.71. The zero-order valence-electron chi connectivity index (χ0n) is 13.0. The number of hydrogen-bond acceptors (Lipinski definition) is 4. The molecule has 2 heterocycles. The molecule has 3 rings (SSSR count). The first-order valence-corrected chi connectivity index (χ1v) is 7.70. The Morgan fingerprint density at radius 3 is 3.00 bits per heavy atom. The lowest BCUT2D eigenvalue weighted by Crippen LogP contribution is -2.38. The molecule has 0 N–H and O–H groups in total. The fourth-order valence-corrected chi connectivity index (χ4v) is 3.44. The third-order valence-electron chi connectivity index (χ3n) is 4.64. The summed E-state index contributed by atoms with van der Waals surface area (Å²) in [5.41, 5.74) is 1.06. The molecule has 0 radical (unpaired) electrons. The summed E-state index contributed by atoms with van der Waals surface area (Å²) < 4.78 is 16.5. The van der Waals surface area contributed by atoms with Gasteiger partial charge in [-0.15, -0.1) is 0 Å². The molecule has 0 spiro atoms. The first-order chi connectivity index (χ1) is 10.7. The average molecular weight is 305 g/mol. The topological polar surface area (TPSA) is 48.0 Å². The second kappa shape index (κ2) is 6.77. The van der Waals surface area contributed by atoms with Crippen LogP contribution in [0, 0.1) is 11.3 Å². The number of carbonyl (C=O) groups excluding carboxylic acids is 1. The van der Waals surface area contributed by atoms with Crippen LogP contribution in [0.4, 0.5) is 0 Å². The molecule has 1 aromatic carbocycles. The zero-order chi connectivity index (χ0) is 15.4. The minimum Gasteiger partial charge on any atom is -0.384 e. The number of benzene rings is 1. The van der Waals surface area contributed by atoms with Gasteiger partial charge in [0.05, 0.1) is 26.4 Å². The van der Waals surface area contributed by atoms with Crippen LogP contribution < -0.4 is 0 Å². The lowest BCUT2D eigenvalue weighted by molar-refractivity contribution is -0.136. The van der Waals surface area contributed by atoms with Gasteiger partial charge in [0.25, 0.3) is 0 Å². The van der Waals surface area contributed by atoms with E-state index in [-0.39, 0.29) is 17.9 Å². The van der Waals surface area contributed by atoms with Gasteiger partial charge < -0.3 is 19.1 Å². The minimum atomic E-state index is -0.0240. The Bertz CT molecular complexity index is 507. The SMILES string of the molecule is COC[C@@]12COC[C@@H]1CN(C(=O)COCc1ccccc1)C2. The van der Waals surface area contributed by atoms with E-state index in [4.69, 9.17) is 14.2 Å². The standard InChI is InChI=1S/C17H23NO4/c1-20-12-17-11-18(7-15(17)9-22-13-17)16(19)10-21-8-14-5-3-2-4-6-14/h2-6,15H,7-13H2,1H3/t15-,17-/m0/s1. The summed E-state index contributed by atoms with van der Waals surface area (Å²) in [5.74, 6) is 0.436. The molecule has 2 aliphatic heterocycles. The van der Waals surface area contributed by atoms with Gasteiger partial charge in [0.2, 0.25) is 5.91 Å². The van der Waals surface area contributed by atoms with Crippen LogP contribution in [0.2, 0.25) is 0 Å². The van der Waals surface area contributed by atoms with E-state index in [0.717, 1.165) is 18.7 Å². The van der Waals surface area contributed by atoms with Crippen LogP contribution in [0.5, 0.6) is 0 Å². The third-order valence-corrected chi connectivity index (χ3v) is 4.64. The van der Waals surface area contributed by atoms with Gasteiger partial charge in [-0.2, -0.15) is 0 Å². The molecule has 0 saturated carbocycles. The fourth-order valence-electron chi connectivity index (χ4n) is 3.44. The van der Waals surface area contributed by atoms with Crippen molar-refractivity contribution in [2.75, 3.05) is 46.6 Å². The van der Waals surface area contributed by atoms with Gasteiger partial charge in [-0.25, -0.2) is 0 Å². The van der Waals surface area contributed by atoms with Crippen LogP contribution in [0.25, 0.3) is 0 Å². The summed E-state index contributed by atoms with van der Waals surface area (Å²) in [5, 5.41) is 0. The summed E-state index contributed by atoms with van der Waals surface area (Å²) >= 11 is 0. The maximum absolute atomic E-state index is 12.3. The van der Waals surface area contributed by atoms with Gasteiger partial charge in [-0.05, 0) is 5.56 Å². The number of carbonyl (C=O) groups is 1. The van der Waals surface area contributed by atoms with E-state index >= 15 is 0 Å². The molecule has 5 heteroatoms. The molecule has 2 fully saturated rings. The van der Waals surface area contributed by atoms with Crippen molar-refractivity contribution < 1.29 is 19.0 Å². The number of methoxy groups -OCH3 is 1. The van der Waals surface area contributed by atoms with Gasteiger partial charge in [-0.1, -0.05) is 30.3 Å². The molecule has 22 heavy (non-hydrogen) atoms. The first-order valence-electron chi connectivity index (χ1n) is 7.70. The number of likely N-dealkylation sites (tertiary alicyclic amines) is 1. The molecule has 1 aromatic rings. The van der Waals surface area contributed by atoms with Gasteiger partial charge >= 0.3 is 0 Å². The van der Waals surface area contributed by atoms with E-state index in [1.807, 2.05) is 35.2 Å². The summed E-state index contributed by atoms with van der Waals surface area (Å²) in [6, 6.07) is 9.90. The van der Waals surface area contributed by atoms with Gasteiger partial charge in [-0.3, -0.25) is 4.79 Å². The van der Waals surface area contributed by atoms with Crippen LogP contribution >= 0.6 is 0 Å². The van der Waals surface area contributed by atoms with Crippen molar-refractivity contribution >= 4 is 5.91 Å². The molecular formula is C17H23NO4. The predicted molar refractivity (Wildman–Crippen MR) is 81.3 cm³/mol. The summed E-state index contributed by atoms with van der Waals surface area (Å²) in [6.07, 6.45) is 0. The molecule has 2 aliphatic rings. The number of rotatable bonds is 6. The second-order valence-corrected chi connectivity index (χ2v) is 6.26. The van der Waals surface area contributed by atoms with E-state index in [1.165, 1.54) is 0 Å². The molecule has 2 saturated heterocycles. The van der Waals surface area contributed by atoms with Crippen molar-refractivity contribution in [3.05, 3.63) is 35.9 Å². The van der Waals surface area contributed by atoms with Gasteiger partial charge in [0, 0.05) is 31.5 Å². The molecule has 1 amide bonds. The molecule has 120 valence electrons. The highest BCUT2D eigenvalue weighted by Crippen LogP contribution is 2.41. The maximum Gasteiger partial charge on any atom is 0.248 e. The quantitative estimate of drug-likeness (QED) is 0.795. The smallest absolute Gasteiger partial charge is 0.248 e. The number of fused-ring (bicyclic) bond motifs is 1. The van der Waals surface area contributed by atoms with Crippen molar-refractivity contribution in [2.45, 2.75) is 6.61 Å². The van der Waals surface area contributed by atoms with Crippen LogP contribution in [-0.2, 0) is 25.6 Å². The van der Waals surface area contributed by atoms with Crippen molar-refractivity contribution in [1.29, 1.82) is 0 Å². The lowest BCUT2D eigenvalue weighted by atomic mass is 9.82. The Morgan fingerprint density at radius 2 is 2.23 bits per heavy atom. The van der Waals surface area contributed by atoms with Crippen LogP contribution in [0.3, 0.4) is 0 Å². The Hall–Kier alpha value is -1.43. The van der Waals surface area contributed by atoms with Crippen LogP contribution in [0.15, 0.2) is 30.3 Å². The Kier molecular flexibility index (Phi) is 4.76. The Morgan fingerprint density at radius 1 is 1.41 bits per heavy atom. The number of nitrogens with zero attached hydrogens (tertiary/aromatic N) is 1. The molecule has 0 bridgehead atoms. The van der Waals surface area contributed by atoms with Crippen molar-refractivity contribution in [2.24, 2.45) is 11.3 Å². The number of ether oxygens (including phenoxy) is 3. The molecule has 0 unspecified atom stereocenters. The monoisotopic (exact) mass is 305 g/mol. The minimum absolute atomic E-state index is 0.0240. The highest BCUT2D eigenvalue weighted by Gasteiger charge is 2.51. The Balaban J connectivity index is 1.49. The van der Waals surface area contributed by atoms with E-state index in [9.17, 15) is 4.79 Å². The molecule has 2 atom stereocenters. The zero-order valence-corrected chi connectivity index (χ0v) is 13.0. The van der Waals surface area contributed by atoms with E-state index in [1.54, 1.807) is 7.11 Å². The highest BCUT2D eigenvalue weighted by atomic mass is 16.5. The van der Waals surface area contributed by atoms with Crippen LogP contribution in [0.1, 0.15) is 5.56 Å². The molecule has 0 aromatic heterocycles. The maximum atomic E-state index is 12.3. The van der Waals surface area contributed by atoms with Crippen LogP contribution in [-0.4, -0.2) is 57.4 Å². The molecule has 0 aliphatic carbocycles. The highest BCUT2D eigenvalue weighted by molar-refractivity contribution is 5.78. The van der Waals surface area contributed by atoms with E-state index in [2.05, 4.69) is 0 Å². The van der Waals surface area contributed by atoms with Crippen molar-refractivity contribution in [1.82, 2.24) is 4.90 Å².